The third-order valence-electron chi connectivity index (χ3n) is 6.29. The summed E-state index contributed by atoms with van der Waals surface area (Å²) < 4.78 is 2.32. The lowest BCUT2D eigenvalue weighted by molar-refractivity contribution is 0.608. The Labute approximate surface area is 170 Å². The first-order valence-corrected chi connectivity index (χ1v) is 10.7. The van der Waals surface area contributed by atoms with Gasteiger partial charge in [0.05, 0.1) is 0 Å². The average Bonchev–Trinajstić information content (AvgIpc) is 2.67. The van der Waals surface area contributed by atoms with Crippen LogP contribution in [0.25, 0.3) is 0 Å². The summed E-state index contributed by atoms with van der Waals surface area (Å²) in [5.41, 5.74) is 9.03. The van der Waals surface area contributed by atoms with E-state index in [2.05, 4.69) is 105 Å². The van der Waals surface area contributed by atoms with Crippen LogP contribution in [0.2, 0.25) is 0 Å². The molecule has 0 saturated carbocycles. The van der Waals surface area contributed by atoms with E-state index < -0.39 is 0 Å². The molecule has 2 aromatic carbocycles. The molecule has 0 amide bonds. The van der Waals surface area contributed by atoms with Gasteiger partial charge in [-0.1, -0.05) is 72.8 Å². The van der Waals surface area contributed by atoms with E-state index in [1.165, 1.54) is 33.4 Å². The smallest absolute Gasteiger partial charge is 0.0346 e. The molecule has 2 aromatic rings. The molecule has 0 heterocycles. The summed E-state index contributed by atoms with van der Waals surface area (Å²) in [6.45, 7) is 0. The van der Waals surface area contributed by atoms with E-state index in [1.807, 2.05) is 0 Å². The SMILES string of the molecule is BrC1=CC2C=C3C(=CC2C=C1Br)C1c2ccccc2C3c2ccccc21. The molecule has 5 aliphatic carbocycles. The predicted molar refractivity (Wildman–Crippen MR) is 114 cm³/mol. The summed E-state index contributed by atoms with van der Waals surface area (Å²) in [7, 11) is 0. The fourth-order valence-electron chi connectivity index (χ4n) is 5.25. The van der Waals surface area contributed by atoms with Crippen LogP contribution in [0.3, 0.4) is 0 Å². The number of benzene rings is 2. The van der Waals surface area contributed by atoms with E-state index in [9.17, 15) is 0 Å². The second-order valence-electron chi connectivity index (χ2n) is 7.55. The van der Waals surface area contributed by atoms with Gasteiger partial charge in [-0.15, -0.1) is 0 Å². The maximum absolute atomic E-state index is 3.69. The van der Waals surface area contributed by atoms with E-state index in [1.54, 1.807) is 0 Å². The van der Waals surface area contributed by atoms with Crippen molar-refractivity contribution < 1.29 is 0 Å². The first-order chi connectivity index (χ1) is 12.7. The highest BCUT2D eigenvalue weighted by molar-refractivity contribution is 9.15. The van der Waals surface area contributed by atoms with Gasteiger partial charge in [0, 0.05) is 32.6 Å². The third-order valence-corrected chi connectivity index (χ3v) is 8.20. The standard InChI is InChI=1S/C24H16Br2/c25-21-11-13-9-19-20(10-14(13)12-22(21)26)24-16-6-2-1-5-15(16)23(19)17-7-3-4-8-18(17)24/h1-14,23-24H. The minimum Gasteiger partial charge on any atom is -0.0722 e. The summed E-state index contributed by atoms with van der Waals surface area (Å²) in [5.74, 6) is 1.62. The molecular formula is C24H16Br2. The lowest BCUT2D eigenvalue weighted by Gasteiger charge is -2.47. The Kier molecular flexibility index (Phi) is 3.22. The van der Waals surface area contributed by atoms with Crippen LogP contribution in [0.4, 0.5) is 0 Å². The first kappa shape index (κ1) is 15.4. The Morgan fingerprint density at radius 1 is 0.500 bits per heavy atom. The molecule has 0 saturated heterocycles. The summed E-state index contributed by atoms with van der Waals surface area (Å²) in [6.07, 6.45) is 9.74. The molecule has 0 aromatic heterocycles. The van der Waals surface area contributed by atoms with Gasteiger partial charge >= 0.3 is 0 Å². The molecule has 0 nitrogen and oxygen atoms in total. The van der Waals surface area contributed by atoms with E-state index in [0.717, 1.165) is 8.96 Å². The van der Waals surface area contributed by atoms with Crippen LogP contribution in [0.5, 0.6) is 0 Å². The van der Waals surface area contributed by atoms with Gasteiger partial charge in [0.2, 0.25) is 0 Å². The highest BCUT2D eigenvalue weighted by Gasteiger charge is 2.45. The molecule has 26 heavy (non-hydrogen) atoms. The number of halogens is 2. The van der Waals surface area contributed by atoms with Crippen molar-refractivity contribution in [1.29, 1.82) is 0 Å². The maximum atomic E-state index is 3.69. The van der Waals surface area contributed by atoms with Crippen LogP contribution in [0, 0.1) is 11.8 Å². The van der Waals surface area contributed by atoms with Gasteiger partial charge in [-0.3, -0.25) is 0 Å². The van der Waals surface area contributed by atoms with Crippen LogP contribution < -0.4 is 0 Å². The Balaban J connectivity index is 1.64. The normalized spacial score (nSPS) is 30.1. The fourth-order valence-corrected chi connectivity index (χ4v) is 6.12. The Bertz CT molecular complexity index is 949. The first-order valence-electron chi connectivity index (χ1n) is 9.09. The molecule has 0 N–H and O–H groups in total. The topological polar surface area (TPSA) is 0 Å². The average molecular weight is 464 g/mol. The highest BCUT2D eigenvalue weighted by Crippen LogP contribution is 2.60. The Morgan fingerprint density at radius 3 is 1.19 bits per heavy atom. The molecule has 0 spiro atoms. The van der Waals surface area contributed by atoms with Gasteiger partial charge in [-0.2, -0.15) is 0 Å². The number of hydrogen-bond acceptors (Lipinski definition) is 0. The Morgan fingerprint density at radius 2 is 0.846 bits per heavy atom. The van der Waals surface area contributed by atoms with Crippen LogP contribution in [0.15, 0.2) is 92.9 Å². The minimum atomic E-state index is 0.376. The largest absolute Gasteiger partial charge is 0.0722 e. The van der Waals surface area contributed by atoms with Gasteiger partial charge in [0.1, 0.15) is 0 Å². The monoisotopic (exact) mass is 462 g/mol. The molecule has 2 atom stereocenters. The van der Waals surface area contributed by atoms with Crippen LogP contribution in [-0.4, -0.2) is 0 Å². The maximum Gasteiger partial charge on any atom is 0.0346 e. The van der Waals surface area contributed by atoms with Gasteiger partial charge in [0.25, 0.3) is 0 Å². The number of rotatable bonds is 0. The molecular weight excluding hydrogens is 448 g/mol. The third kappa shape index (κ3) is 1.95. The number of allylic oxidation sites excluding steroid dienone is 8. The predicted octanol–water partition coefficient (Wildman–Crippen LogP) is 6.95. The molecule has 0 radical (unpaired) electrons. The van der Waals surface area contributed by atoms with Crippen LogP contribution in [-0.2, 0) is 0 Å². The lowest BCUT2D eigenvalue weighted by atomic mass is 9.57. The summed E-state index contributed by atoms with van der Waals surface area (Å²) >= 11 is 7.38. The van der Waals surface area contributed by atoms with Crippen molar-refractivity contribution in [2.75, 3.05) is 0 Å². The Hall–Kier alpha value is -1.64. The van der Waals surface area contributed by atoms with Gasteiger partial charge in [-0.05, 0) is 65.3 Å². The number of fused-ring (bicyclic) bond motifs is 1. The van der Waals surface area contributed by atoms with Crippen molar-refractivity contribution in [3.63, 3.8) is 0 Å². The second-order valence-corrected chi connectivity index (χ2v) is 9.26. The van der Waals surface area contributed by atoms with E-state index in [4.69, 9.17) is 0 Å². The molecule has 7 rings (SSSR count). The fraction of sp³-hybridized carbons (Fsp3) is 0.167. The van der Waals surface area contributed by atoms with Gasteiger partial charge < -0.3 is 0 Å². The molecule has 2 unspecified atom stereocenters. The quantitative estimate of drug-likeness (QED) is 0.396. The van der Waals surface area contributed by atoms with Crippen molar-refractivity contribution >= 4 is 31.9 Å². The van der Waals surface area contributed by atoms with Gasteiger partial charge in [0.15, 0.2) is 0 Å². The molecule has 0 fully saturated rings. The zero-order valence-corrected chi connectivity index (χ0v) is 17.2. The second kappa shape index (κ2) is 5.43. The van der Waals surface area contributed by atoms with E-state index >= 15 is 0 Å². The number of hydrogen-bond donors (Lipinski definition) is 0. The van der Waals surface area contributed by atoms with E-state index in [-0.39, 0.29) is 0 Å². The highest BCUT2D eigenvalue weighted by atomic mass is 79.9. The lowest BCUT2D eigenvalue weighted by Crippen LogP contribution is -2.32. The van der Waals surface area contributed by atoms with E-state index in [0.29, 0.717) is 23.7 Å². The van der Waals surface area contributed by atoms with Crippen LogP contribution in [0.1, 0.15) is 34.1 Å². The molecule has 126 valence electrons. The molecule has 2 heteroatoms. The zero-order chi connectivity index (χ0) is 17.4. The molecule has 0 aliphatic heterocycles. The van der Waals surface area contributed by atoms with Crippen molar-refractivity contribution in [3.05, 3.63) is 115 Å². The molecule has 5 aliphatic rings. The van der Waals surface area contributed by atoms with Crippen molar-refractivity contribution in [2.24, 2.45) is 11.8 Å². The van der Waals surface area contributed by atoms with Gasteiger partial charge in [-0.25, -0.2) is 0 Å². The summed E-state index contributed by atoms with van der Waals surface area (Å²) in [4.78, 5) is 0. The molecule has 2 bridgehead atoms. The van der Waals surface area contributed by atoms with Crippen molar-refractivity contribution in [1.82, 2.24) is 0 Å². The minimum absolute atomic E-state index is 0.376. The van der Waals surface area contributed by atoms with Crippen molar-refractivity contribution in [2.45, 2.75) is 11.8 Å². The van der Waals surface area contributed by atoms with Crippen LogP contribution >= 0.6 is 31.9 Å². The zero-order valence-electron chi connectivity index (χ0n) is 14.0. The van der Waals surface area contributed by atoms with Crippen molar-refractivity contribution in [3.8, 4) is 0 Å². The summed E-state index contributed by atoms with van der Waals surface area (Å²) in [5, 5.41) is 0. The summed E-state index contributed by atoms with van der Waals surface area (Å²) in [6, 6.07) is 18.1.